The van der Waals surface area contributed by atoms with Crippen LogP contribution in [0.2, 0.25) is 0 Å². The van der Waals surface area contributed by atoms with E-state index in [9.17, 15) is 4.79 Å². The second-order valence-electron chi connectivity index (χ2n) is 4.57. The van der Waals surface area contributed by atoms with E-state index in [-0.39, 0.29) is 17.8 Å². The molecule has 16 heavy (non-hydrogen) atoms. The lowest BCUT2D eigenvalue weighted by atomic mass is 10.2. The van der Waals surface area contributed by atoms with Crippen molar-refractivity contribution in [3.8, 4) is 0 Å². The summed E-state index contributed by atoms with van der Waals surface area (Å²) in [5.74, 6) is 0.654. The SMILES string of the molecule is NC(c1nc(C(=O)NC2CC2)no1)C1CC1. The van der Waals surface area contributed by atoms with Crippen LogP contribution in [0.1, 0.15) is 48.2 Å². The van der Waals surface area contributed by atoms with Crippen molar-refractivity contribution < 1.29 is 9.32 Å². The Morgan fingerprint density at radius 1 is 1.44 bits per heavy atom. The molecule has 2 aliphatic carbocycles. The lowest BCUT2D eigenvalue weighted by molar-refractivity contribution is 0.0937. The van der Waals surface area contributed by atoms with Gasteiger partial charge in [0.05, 0.1) is 6.04 Å². The highest BCUT2D eigenvalue weighted by molar-refractivity contribution is 5.90. The van der Waals surface area contributed by atoms with Gasteiger partial charge < -0.3 is 15.6 Å². The van der Waals surface area contributed by atoms with Crippen LogP contribution in [0.4, 0.5) is 0 Å². The Morgan fingerprint density at radius 3 is 2.81 bits per heavy atom. The number of hydrogen-bond donors (Lipinski definition) is 2. The zero-order valence-corrected chi connectivity index (χ0v) is 8.85. The van der Waals surface area contributed by atoms with E-state index >= 15 is 0 Å². The molecule has 2 fully saturated rings. The average Bonchev–Trinajstić information content (AvgIpc) is 3.17. The Labute approximate surface area is 92.6 Å². The largest absolute Gasteiger partial charge is 0.346 e. The van der Waals surface area contributed by atoms with E-state index in [2.05, 4.69) is 15.5 Å². The third kappa shape index (κ3) is 1.92. The lowest BCUT2D eigenvalue weighted by Gasteiger charge is -2.01. The first kappa shape index (κ1) is 9.77. The normalized spacial score (nSPS) is 21.8. The third-order valence-electron chi connectivity index (χ3n) is 2.97. The van der Waals surface area contributed by atoms with Gasteiger partial charge in [-0.2, -0.15) is 4.98 Å². The van der Waals surface area contributed by atoms with Gasteiger partial charge in [0.1, 0.15) is 0 Å². The Hall–Kier alpha value is -1.43. The first-order valence-electron chi connectivity index (χ1n) is 5.64. The van der Waals surface area contributed by atoms with Gasteiger partial charge in [-0.15, -0.1) is 0 Å². The van der Waals surface area contributed by atoms with Crippen LogP contribution in [0, 0.1) is 5.92 Å². The number of carbonyl (C=O) groups is 1. The van der Waals surface area contributed by atoms with Gasteiger partial charge in [0.2, 0.25) is 5.89 Å². The molecule has 3 rings (SSSR count). The van der Waals surface area contributed by atoms with Crippen molar-refractivity contribution in [2.45, 2.75) is 37.8 Å². The molecule has 86 valence electrons. The first-order chi connectivity index (χ1) is 7.74. The van der Waals surface area contributed by atoms with Crippen molar-refractivity contribution in [3.05, 3.63) is 11.7 Å². The molecule has 6 nitrogen and oxygen atoms in total. The predicted molar refractivity (Wildman–Crippen MR) is 54.4 cm³/mol. The van der Waals surface area contributed by atoms with Crippen LogP contribution in [-0.2, 0) is 0 Å². The molecule has 1 atom stereocenters. The molecule has 1 aromatic heterocycles. The van der Waals surface area contributed by atoms with Crippen molar-refractivity contribution in [2.75, 3.05) is 0 Å². The third-order valence-corrected chi connectivity index (χ3v) is 2.97. The molecular formula is C10H14N4O2. The van der Waals surface area contributed by atoms with E-state index in [0.29, 0.717) is 17.9 Å². The van der Waals surface area contributed by atoms with Crippen molar-refractivity contribution in [1.29, 1.82) is 0 Å². The molecule has 1 aromatic rings. The molecule has 3 N–H and O–H groups in total. The highest BCUT2D eigenvalue weighted by Gasteiger charge is 2.34. The van der Waals surface area contributed by atoms with Gasteiger partial charge in [-0.3, -0.25) is 4.79 Å². The van der Waals surface area contributed by atoms with Crippen LogP contribution in [0.3, 0.4) is 0 Å². The standard InChI is InChI=1S/C10H14N4O2/c11-7(5-1-2-5)10-13-8(14-16-10)9(15)12-6-3-4-6/h5-7H,1-4,11H2,(H,12,15). The van der Waals surface area contributed by atoms with Crippen molar-refractivity contribution >= 4 is 5.91 Å². The van der Waals surface area contributed by atoms with Gasteiger partial charge in [-0.1, -0.05) is 5.16 Å². The second-order valence-corrected chi connectivity index (χ2v) is 4.57. The molecule has 0 aromatic carbocycles. The number of nitrogens with zero attached hydrogens (tertiary/aromatic N) is 2. The number of carbonyl (C=O) groups excluding carboxylic acids is 1. The molecule has 0 radical (unpaired) electrons. The molecule has 1 heterocycles. The summed E-state index contributed by atoms with van der Waals surface area (Å²) in [6.45, 7) is 0. The van der Waals surface area contributed by atoms with E-state index in [1.165, 1.54) is 0 Å². The molecule has 2 saturated carbocycles. The Kier molecular flexibility index (Phi) is 2.17. The van der Waals surface area contributed by atoms with Crippen LogP contribution >= 0.6 is 0 Å². The minimum absolute atomic E-state index is 0.0954. The summed E-state index contributed by atoms with van der Waals surface area (Å²) in [4.78, 5) is 15.6. The Balaban J connectivity index is 1.68. The number of nitrogens with two attached hydrogens (primary N) is 1. The highest BCUT2D eigenvalue weighted by atomic mass is 16.5. The van der Waals surface area contributed by atoms with Gasteiger partial charge in [-0.25, -0.2) is 0 Å². The predicted octanol–water partition coefficient (Wildman–Crippen LogP) is 0.372. The minimum atomic E-state index is -0.263. The minimum Gasteiger partial charge on any atom is -0.346 e. The molecular weight excluding hydrogens is 208 g/mol. The first-order valence-corrected chi connectivity index (χ1v) is 5.64. The number of amides is 1. The zero-order chi connectivity index (χ0) is 11.1. The van der Waals surface area contributed by atoms with E-state index < -0.39 is 0 Å². The molecule has 1 unspecified atom stereocenters. The molecule has 2 aliphatic rings. The van der Waals surface area contributed by atoms with Crippen molar-refractivity contribution in [2.24, 2.45) is 11.7 Å². The average molecular weight is 222 g/mol. The lowest BCUT2D eigenvalue weighted by Crippen LogP contribution is -2.26. The quantitative estimate of drug-likeness (QED) is 0.767. The molecule has 0 saturated heterocycles. The number of hydrogen-bond acceptors (Lipinski definition) is 5. The Morgan fingerprint density at radius 2 is 2.19 bits per heavy atom. The molecule has 0 bridgehead atoms. The van der Waals surface area contributed by atoms with Gasteiger partial charge in [-0.05, 0) is 31.6 Å². The smallest absolute Gasteiger partial charge is 0.292 e. The van der Waals surface area contributed by atoms with Crippen LogP contribution in [0.25, 0.3) is 0 Å². The van der Waals surface area contributed by atoms with Gasteiger partial charge >= 0.3 is 0 Å². The van der Waals surface area contributed by atoms with E-state index in [1.54, 1.807) is 0 Å². The fourth-order valence-electron chi connectivity index (χ4n) is 1.60. The maximum Gasteiger partial charge on any atom is 0.292 e. The molecule has 1 amide bonds. The van der Waals surface area contributed by atoms with Gasteiger partial charge in [0.25, 0.3) is 11.7 Å². The summed E-state index contributed by atoms with van der Waals surface area (Å²) in [6, 6.07) is 0.0848. The summed E-state index contributed by atoms with van der Waals surface area (Å²) in [5.41, 5.74) is 5.90. The fraction of sp³-hybridized carbons (Fsp3) is 0.700. The van der Waals surface area contributed by atoms with Crippen LogP contribution < -0.4 is 11.1 Å². The highest BCUT2D eigenvalue weighted by Crippen LogP contribution is 2.38. The Bertz CT molecular complexity index is 409. The summed E-state index contributed by atoms with van der Waals surface area (Å²) in [5, 5.41) is 6.45. The summed E-state index contributed by atoms with van der Waals surface area (Å²) >= 11 is 0. The summed E-state index contributed by atoms with van der Waals surface area (Å²) in [6.07, 6.45) is 4.29. The van der Waals surface area contributed by atoms with E-state index in [0.717, 1.165) is 25.7 Å². The topological polar surface area (TPSA) is 94.0 Å². The summed E-state index contributed by atoms with van der Waals surface area (Å²) < 4.78 is 5.00. The van der Waals surface area contributed by atoms with Gasteiger partial charge in [0.15, 0.2) is 0 Å². The second kappa shape index (κ2) is 3.55. The maximum absolute atomic E-state index is 11.6. The number of nitrogens with one attached hydrogen (secondary N) is 1. The maximum atomic E-state index is 11.6. The van der Waals surface area contributed by atoms with Crippen LogP contribution in [0.5, 0.6) is 0 Å². The number of rotatable bonds is 4. The van der Waals surface area contributed by atoms with Crippen molar-refractivity contribution in [3.63, 3.8) is 0 Å². The van der Waals surface area contributed by atoms with Gasteiger partial charge in [0, 0.05) is 6.04 Å². The monoisotopic (exact) mass is 222 g/mol. The zero-order valence-electron chi connectivity index (χ0n) is 8.85. The number of aromatic nitrogens is 2. The molecule has 6 heteroatoms. The van der Waals surface area contributed by atoms with Crippen LogP contribution in [0.15, 0.2) is 4.52 Å². The summed E-state index contributed by atoms with van der Waals surface area (Å²) in [7, 11) is 0. The molecule has 0 spiro atoms. The molecule has 0 aliphatic heterocycles. The fourth-order valence-corrected chi connectivity index (χ4v) is 1.60. The van der Waals surface area contributed by atoms with Crippen LogP contribution in [-0.4, -0.2) is 22.1 Å². The van der Waals surface area contributed by atoms with E-state index in [1.807, 2.05) is 0 Å². The van der Waals surface area contributed by atoms with Crippen molar-refractivity contribution in [1.82, 2.24) is 15.5 Å². The van der Waals surface area contributed by atoms with E-state index in [4.69, 9.17) is 10.3 Å².